The van der Waals surface area contributed by atoms with Gasteiger partial charge in [0.2, 0.25) is 0 Å². The minimum absolute atomic E-state index is 0.101. The lowest BCUT2D eigenvalue weighted by molar-refractivity contribution is 0.0317. The van der Waals surface area contributed by atoms with Crippen molar-refractivity contribution in [3.63, 3.8) is 0 Å². The highest BCUT2D eigenvalue weighted by Gasteiger charge is 2.13. The average Bonchev–Trinajstić information content (AvgIpc) is 2.52. The van der Waals surface area contributed by atoms with E-state index in [9.17, 15) is 9.59 Å². The lowest BCUT2D eigenvalue weighted by atomic mass is 10.0. The predicted octanol–water partition coefficient (Wildman–Crippen LogP) is 4.63. The normalized spacial score (nSPS) is 12.0. The zero-order valence-electron chi connectivity index (χ0n) is 14.6. The van der Waals surface area contributed by atoms with Crippen molar-refractivity contribution in [1.29, 1.82) is 0 Å². The van der Waals surface area contributed by atoms with Crippen LogP contribution in [0.5, 0.6) is 0 Å². The molecule has 0 bridgehead atoms. The maximum atomic E-state index is 12.1. The van der Waals surface area contributed by atoms with Crippen molar-refractivity contribution in [2.24, 2.45) is 5.92 Å². The highest BCUT2D eigenvalue weighted by Crippen LogP contribution is 2.13. The molecule has 4 nitrogen and oxygen atoms in total. The Labute approximate surface area is 139 Å². The maximum absolute atomic E-state index is 12.1. The molecule has 1 aromatic rings. The first kappa shape index (κ1) is 19.2. The van der Waals surface area contributed by atoms with Crippen molar-refractivity contribution in [3.05, 3.63) is 35.4 Å². The van der Waals surface area contributed by atoms with Crippen LogP contribution in [0.3, 0.4) is 0 Å². The Morgan fingerprint density at radius 3 is 2.04 bits per heavy atom. The van der Waals surface area contributed by atoms with Crippen molar-refractivity contribution < 1.29 is 19.1 Å². The number of esters is 2. The quantitative estimate of drug-likeness (QED) is 0.623. The number of hydrogen-bond acceptors (Lipinski definition) is 4. The molecule has 0 N–H and O–H groups in total. The molecule has 0 fully saturated rings. The Morgan fingerprint density at radius 2 is 1.52 bits per heavy atom. The van der Waals surface area contributed by atoms with Crippen molar-refractivity contribution in [2.45, 2.75) is 59.5 Å². The van der Waals surface area contributed by atoms with Gasteiger partial charge < -0.3 is 9.47 Å². The van der Waals surface area contributed by atoms with Crippen LogP contribution >= 0.6 is 0 Å². The van der Waals surface area contributed by atoms with Crippen LogP contribution in [-0.2, 0) is 9.47 Å². The van der Waals surface area contributed by atoms with E-state index in [4.69, 9.17) is 9.47 Å². The monoisotopic (exact) mass is 320 g/mol. The second-order valence-corrected chi connectivity index (χ2v) is 6.25. The van der Waals surface area contributed by atoms with Gasteiger partial charge in [-0.25, -0.2) is 9.59 Å². The summed E-state index contributed by atoms with van der Waals surface area (Å²) in [5, 5.41) is 0. The Hall–Kier alpha value is -1.84. The number of carbonyl (C=O) groups excluding carboxylic acids is 2. The van der Waals surface area contributed by atoms with Crippen molar-refractivity contribution >= 4 is 11.9 Å². The maximum Gasteiger partial charge on any atom is 0.338 e. The molecule has 0 spiro atoms. The van der Waals surface area contributed by atoms with E-state index in [0.29, 0.717) is 23.7 Å². The van der Waals surface area contributed by atoms with Crippen molar-refractivity contribution in [1.82, 2.24) is 0 Å². The summed E-state index contributed by atoms with van der Waals surface area (Å²) in [6, 6.07) is 6.40. The molecule has 128 valence electrons. The van der Waals surface area contributed by atoms with E-state index in [2.05, 4.69) is 13.8 Å². The van der Waals surface area contributed by atoms with Gasteiger partial charge in [0.1, 0.15) is 0 Å². The summed E-state index contributed by atoms with van der Waals surface area (Å²) < 4.78 is 10.5. The predicted molar refractivity (Wildman–Crippen MR) is 90.6 cm³/mol. The summed E-state index contributed by atoms with van der Waals surface area (Å²) in [6.45, 7) is 8.62. The molecule has 1 rings (SSSR count). The van der Waals surface area contributed by atoms with E-state index in [0.717, 1.165) is 25.7 Å². The van der Waals surface area contributed by atoms with Crippen LogP contribution in [0.2, 0.25) is 0 Å². The fourth-order valence-corrected chi connectivity index (χ4v) is 2.14. The van der Waals surface area contributed by atoms with Crippen LogP contribution in [0.1, 0.15) is 74.1 Å². The number of benzene rings is 1. The van der Waals surface area contributed by atoms with E-state index < -0.39 is 0 Å². The minimum Gasteiger partial charge on any atom is -0.462 e. The van der Waals surface area contributed by atoms with Gasteiger partial charge in [0.05, 0.1) is 23.8 Å². The molecule has 4 heteroatoms. The number of ether oxygens (including phenoxy) is 2. The largest absolute Gasteiger partial charge is 0.462 e. The summed E-state index contributed by atoms with van der Waals surface area (Å²) in [6.07, 6.45) is 3.73. The van der Waals surface area contributed by atoms with Crippen molar-refractivity contribution in [2.75, 3.05) is 6.61 Å². The second kappa shape index (κ2) is 10.0. The topological polar surface area (TPSA) is 52.6 Å². The molecule has 0 radical (unpaired) electrons. The first-order valence-corrected chi connectivity index (χ1v) is 8.42. The van der Waals surface area contributed by atoms with E-state index in [1.165, 1.54) is 0 Å². The van der Waals surface area contributed by atoms with Crippen LogP contribution in [0.4, 0.5) is 0 Å². The number of hydrogen-bond donors (Lipinski definition) is 0. The van der Waals surface area contributed by atoms with Crippen LogP contribution in [0, 0.1) is 5.92 Å². The first-order valence-electron chi connectivity index (χ1n) is 8.42. The fraction of sp³-hybridized carbons (Fsp3) is 0.579. The third-order valence-electron chi connectivity index (χ3n) is 3.49. The van der Waals surface area contributed by atoms with E-state index in [1.54, 1.807) is 24.3 Å². The van der Waals surface area contributed by atoms with Gasteiger partial charge in [0.15, 0.2) is 0 Å². The summed E-state index contributed by atoms with van der Waals surface area (Å²) in [5.41, 5.74) is 0.896. The zero-order valence-corrected chi connectivity index (χ0v) is 14.6. The van der Waals surface area contributed by atoms with Gasteiger partial charge in [-0.05, 0) is 56.4 Å². The van der Waals surface area contributed by atoms with Crippen LogP contribution in [-0.4, -0.2) is 24.6 Å². The molecule has 0 aliphatic carbocycles. The Morgan fingerprint density at radius 1 is 0.957 bits per heavy atom. The molecular formula is C19H28O4. The van der Waals surface area contributed by atoms with Crippen LogP contribution in [0.25, 0.3) is 0 Å². The second-order valence-electron chi connectivity index (χ2n) is 6.25. The smallest absolute Gasteiger partial charge is 0.338 e. The minimum atomic E-state index is -0.367. The molecule has 0 aliphatic heterocycles. The standard InChI is InChI=1S/C19H28O4/c1-5-13-22-18(20)16-9-11-17(12-10-16)19(21)23-15(4)8-6-7-14(2)3/h9-12,14-15H,5-8,13H2,1-4H3. The van der Waals surface area contributed by atoms with Gasteiger partial charge in [-0.15, -0.1) is 0 Å². The molecule has 0 saturated carbocycles. The molecular weight excluding hydrogens is 292 g/mol. The van der Waals surface area contributed by atoms with Crippen LogP contribution in [0.15, 0.2) is 24.3 Å². The third kappa shape index (κ3) is 7.31. The van der Waals surface area contributed by atoms with Gasteiger partial charge in [-0.1, -0.05) is 27.2 Å². The molecule has 0 aliphatic rings. The van der Waals surface area contributed by atoms with Crippen LogP contribution < -0.4 is 0 Å². The Kier molecular flexibility index (Phi) is 8.38. The molecule has 1 atom stereocenters. The molecule has 1 unspecified atom stereocenters. The third-order valence-corrected chi connectivity index (χ3v) is 3.49. The Balaban J connectivity index is 2.49. The van der Waals surface area contributed by atoms with Gasteiger partial charge >= 0.3 is 11.9 Å². The fourth-order valence-electron chi connectivity index (χ4n) is 2.14. The van der Waals surface area contributed by atoms with E-state index >= 15 is 0 Å². The zero-order chi connectivity index (χ0) is 17.2. The van der Waals surface area contributed by atoms with Crippen molar-refractivity contribution in [3.8, 4) is 0 Å². The highest BCUT2D eigenvalue weighted by molar-refractivity contribution is 5.93. The number of carbonyl (C=O) groups is 2. The average molecular weight is 320 g/mol. The Bertz CT molecular complexity index is 491. The number of rotatable bonds is 9. The lowest BCUT2D eigenvalue weighted by Crippen LogP contribution is -2.15. The summed E-state index contributed by atoms with van der Waals surface area (Å²) in [7, 11) is 0. The SMILES string of the molecule is CCCOC(=O)c1ccc(C(=O)OC(C)CCCC(C)C)cc1. The summed E-state index contributed by atoms with van der Waals surface area (Å²) in [4.78, 5) is 23.8. The van der Waals surface area contributed by atoms with Gasteiger partial charge in [-0.3, -0.25) is 0 Å². The highest BCUT2D eigenvalue weighted by atomic mass is 16.5. The summed E-state index contributed by atoms with van der Waals surface area (Å²) >= 11 is 0. The molecule has 0 amide bonds. The first-order chi connectivity index (χ1) is 10.9. The summed E-state index contributed by atoms with van der Waals surface area (Å²) in [5.74, 6) is -0.0535. The van der Waals surface area contributed by atoms with E-state index in [1.807, 2.05) is 13.8 Å². The van der Waals surface area contributed by atoms with Gasteiger partial charge in [-0.2, -0.15) is 0 Å². The molecule has 0 heterocycles. The van der Waals surface area contributed by atoms with E-state index in [-0.39, 0.29) is 18.0 Å². The van der Waals surface area contributed by atoms with Gasteiger partial charge in [0, 0.05) is 0 Å². The molecule has 0 aromatic heterocycles. The molecule has 1 aromatic carbocycles. The van der Waals surface area contributed by atoms with Gasteiger partial charge in [0.25, 0.3) is 0 Å². The lowest BCUT2D eigenvalue weighted by Gasteiger charge is -2.14. The molecule has 23 heavy (non-hydrogen) atoms. The molecule has 0 saturated heterocycles.